The van der Waals surface area contributed by atoms with Gasteiger partial charge in [-0.25, -0.2) is 4.98 Å². The molecule has 2 heterocycles. The highest BCUT2D eigenvalue weighted by molar-refractivity contribution is 9.10. The molecule has 100 valence electrons. The molecule has 0 atom stereocenters. The van der Waals surface area contributed by atoms with Crippen molar-refractivity contribution in [3.05, 3.63) is 10.2 Å². The van der Waals surface area contributed by atoms with Gasteiger partial charge in [-0.05, 0) is 28.3 Å². The quantitative estimate of drug-likeness (QED) is 0.922. The number of aromatic nitrogens is 2. The maximum absolute atomic E-state index is 5.95. The molecule has 0 unspecified atom stereocenters. The van der Waals surface area contributed by atoms with E-state index in [2.05, 4.69) is 44.6 Å². The Hall–Kier alpha value is -0.880. The predicted molar refractivity (Wildman–Crippen MR) is 75.7 cm³/mol. The average Bonchev–Trinajstić information content (AvgIpc) is 2.35. The number of hydrogen-bond donors (Lipinski definition) is 1. The first-order valence-corrected chi connectivity index (χ1v) is 7.01. The molecule has 0 radical (unpaired) electrons. The molecule has 0 aliphatic carbocycles. The second-order valence-corrected chi connectivity index (χ2v) is 5.66. The van der Waals surface area contributed by atoms with Gasteiger partial charge in [-0.1, -0.05) is 13.8 Å². The number of anilines is 2. The van der Waals surface area contributed by atoms with Crippen LogP contribution in [0.3, 0.4) is 0 Å². The third-order valence-corrected chi connectivity index (χ3v) is 3.69. The van der Waals surface area contributed by atoms with Crippen LogP contribution in [0.2, 0.25) is 0 Å². The van der Waals surface area contributed by atoms with Gasteiger partial charge in [0.25, 0.3) is 0 Å². The van der Waals surface area contributed by atoms with Crippen LogP contribution in [-0.2, 0) is 11.2 Å². The van der Waals surface area contributed by atoms with E-state index in [-0.39, 0.29) is 0 Å². The number of nitrogen functional groups attached to an aromatic ring is 1. The molecule has 0 spiro atoms. The minimum Gasteiger partial charge on any atom is -0.383 e. The normalized spacial score (nSPS) is 16.3. The highest BCUT2D eigenvalue weighted by Crippen LogP contribution is 2.26. The number of nitrogens with two attached hydrogens (primary N) is 1. The largest absolute Gasteiger partial charge is 0.383 e. The number of halogens is 1. The summed E-state index contributed by atoms with van der Waals surface area (Å²) in [5.74, 6) is 1.77. The highest BCUT2D eigenvalue weighted by atomic mass is 79.9. The van der Waals surface area contributed by atoms with Gasteiger partial charge < -0.3 is 15.4 Å². The lowest BCUT2D eigenvalue weighted by atomic mass is 10.1. The summed E-state index contributed by atoms with van der Waals surface area (Å²) in [4.78, 5) is 11.1. The first kappa shape index (κ1) is 13.5. The summed E-state index contributed by atoms with van der Waals surface area (Å²) in [6.07, 6.45) is 0.893. The van der Waals surface area contributed by atoms with E-state index in [0.29, 0.717) is 11.7 Å². The first-order chi connectivity index (χ1) is 8.58. The Balaban J connectivity index is 2.27. The van der Waals surface area contributed by atoms with Crippen LogP contribution in [0.5, 0.6) is 0 Å². The zero-order valence-electron chi connectivity index (χ0n) is 10.8. The van der Waals surface area contributed by atoms with Crippen LogP contribution in [0, 0.1) is 5.92 Å². The Kier molecular flexibility index (Phi) is 4.40. The van der Waals surface area contributed by atoms with E-state index >= 15 is 0 Å². The smallest absolute Gasteiger partial charge is 0.227 e. The molecule has 2 N–H and O–H groups in total. The Morgan fingerprint density at radius 3 is 2.61 bits per heavy atom. The highest BCUT2D eigenvalue weighted by Gasteiger charge is 2.18. The van der Waals surface area contributed by atoms with E-state index in [0.717, 1.165) is 48.8 Å². The molecule has 18 heavy (non-hydrogen) atoms. The zero-order chi connectivity index (χ0) is 13.1. The van der Waals surface area contributed by atoms with Gasteiger partial charge in [0.15, 0.2) is 0 Å². The van der Waals surface area contributed by atoms with Crippen LogP contribution in [0.1, 0.15) is 19.5 Å². The number of rotatable bonds is 3. The molecule has 2 rings (SSSR count). The summed E-state index contributed by atoms with van der Waals surface area (Å²) in [6, 6.07) is 0. The molecule has 1 aromatic heterocycles. The van der Waals surface area contributed by atoms with Gasteiger partial charge >= 0.3 is 0 Å². The van der Waals surface area contributed by atoms with Crippen molar-refractivity contribution >= 4 is 27.7 Å². The summed E-state index contributed by atoms with van der Waals surface area (Å²) in [7, 11) is 0. The van der Waals surface area contributed by atoms with Crippen LogP contribution in [0.25, 0.3) is 0 Å². The molecule has 1 aliphatic heterocycles. The lowest BCUT2D eigenvalue weighted by Gasteiger charge is -2.27. The van der Waals surface area contributed by atoms with Crippen molar-refractivity contribution < 1.29 is 4.74 Å². The zero-order valence-corrected chi connectivity index (χ0v) is 12.4. The molecule has 1 aliphatic rings. The molecule has 0 saturated carbocycles. The number of morpholine rings is 1. The van der Waals surface area contributed by atoms with E-state index in [9.17, 15) is 0 Å². The van der Waals surface area contributed by atoms with Crippen molar-refractivity contribution in [1.82, 2.24) is 9.97 Å². The number of nitrogens with zero attached hydrogens (tertiary/aromatic N) is 3. The average molecular weight is 315 g/mol. The standard InChI is InChI=1S/C12H19BrN4O/c1-8(2)7-9-10(13)11(14)16-12(15-9)17-3-5-18-6-4-17/h8H,3-7H2,1-2H3,(H2,14,15,16). The fourth-order valence-corrected chi connectivity index (χ4v) is 2.27. The summed E-state index contributed by atoms with van der Waals surface area (Å²) in [5.41, 5.74) is 6.93. The van der Waals surface area contributed by atoms with Crippen molar-refractivity contribution in [2.75, 3.05) is 36.9 Å². The second-order valence-electron chi connectivity index (χ2n) is 4.87. The fraction of sp³-hybridized carbons (Fsp3) is 0.667. The Morgan fingerprint density at radius 1 is 1.33 bits per heavy atom. The summed E-state index contributed by atoms with van der Waals surface area (Å²) >= 11 is 3.47. The lowest BCUT2D eigenvalue weighted by molar-refractivity contribution is 0.122. The summed E-state index contributed by atoms with van der Waals surface area (Å²) in [5, 5.41) is 0. The molecule has 6 heteroatoms. The number of ether oxygens (including phenoxy) is 1. The maximum atomic E-state index is 5.95. The summed E-state index contributed by atoms with van der Waals surface area (Å²) in [6.45, 7) is 7.42. The topological polar surface area (TPSA) is 64.3 Å². The maximum Gasteiger partial charge on any atom is 0.227 e. The van der Waals surface area contributed by atoms with E-state index < -0.39 is 0 Å². The second kappa shape index (κ2) is 5.84. The SMILES string of the molecule is CC(C)Cc1nc(N2CCOCC2)nc(N)c1Br. The lowest BCUT2D eigenvalue weighted by Crippen LogP contribution is -2.37. The van der Waals surface area contributed by atoms with Gasteiger partial charge in [-0.3, -0.25) is 0 Å². The van der Waals surface area contributed by atoms with Gasteiger partial charge in [-0.15, -0.1) is 0 Å². The Bertz CT molecular complexity index is 419. The van der Waals surface area contributed by atoms with Crippen LogP contribution >= 0.6 is 15.9 Å². The van der Waals surface area contributed by atoms with Gasteiger partial charge in [0.1, 0.15) is 5.82 Å². The number of hydrogen-bond acceptors (Lipinski definition) is 5. The van der Waals surface area contributed by atoms with E-state index in [1.807, 2.05) is 0 Å². The van der Waals surface area contributed by atoms with E-state index in [4.69, 9.17) is 10.5 Å². The van der Waals surface area contributed by atoms with Crippen molar-refractivity contribution in [1.29, 1.82) is 0 Å². The van der Waals surface area contributed by atoms with E-state index in [1.54, 1.807) is 0 Å². The minimum atomic E-state index is 0.516. The van der Waals surface area contributed by atoms with Crippen LogP contribution in [-0.4, -0.2) is 36.3 Å². The molecule has 1 fully saturated rings. The molecular weight excluding hydrogens is 296 g/mol. The Labute approximate surface area is 116 Å². The van der Waals surface area contributed by atoms with Gasteiger partial charge in [-0.2, -0.15) is 4.98 Å². The third-order valence-electron chi connectivity index (χ3n) is 2.83. The van der Waals surface area contributed by atoms with Crippen molar-refractivity contribution in [3.63, 3.8) is 0 Å². The minimum absolute atomic E-state index is 0.516. The molecule has 5 nitrogen and oxygen atoms in total. The Morgan fingerprint density at radius 2 is 2.00 bits per heavy atom. The van der Waals surface area contributed by atoms with Gasteiger partial charge in [0.2, 0.25) is 5.95 Å². The fourth-order valence-electron chi connectivity index (χ4n) is 1.93. The van der Waals surface area contributed by atoms with Gasteiger partial charge in [0.05, 0.1) is 23.4 Å². The van der Waals surface area contributed by atoms with Gasteiger partial charge in [0, 0.05) is 13.1 Å². The molecule has 0 amide bonds. The van der Waals surface area contributed by atoms with Crippen molar-refractivity contribution in [3.8, 4) is 0 Å². The van der Waals surface area contributed by atoms with Crippen molar-refractivity contribution in [2.45, 2.75) is 20.3 Å². The van der Waals surface area contributed by atoms with Crippen LogP contribution in [0.15, 0.2) is 4.47 Å². The van der Waals surface area contributed by atoms with Crippen molar-refractivity contribution in [2.24, 2.45) is 5.92 Å². The summed E-state index contributed by atoms with van der Waals surface area (Å²) < 4.78 is 6.16. The van der Waals surface area contributed by atoms with E-state index in [1.165, 1.54) is 0 Å². The van der Waals surface area contributed by atoms with Crippen LogP contribution in [0.4, 0.5) is 11.8 Å². The molecule has 1 aromatic rings. The third kappa shape index (κ3) is 3.11. The monoisotopic (exact) mass is 314 g/mol. The predicted octanol–water partition coefficient (Wildman–Crippen LogP) is 1.86. The molecule has 0 aromatic carbocycles. The molecule has 1 saturated heterocycles. The van der Waals surface area contributed by atoms with Crippen LogP contribution < -0.4 is 10.6 Å². The first-order valence-electron chi connectivity index (χ1n) is 6.22. The molecule has 0 bridgehead atoms. The molecular formula is C12H19BrN4O.